The van der Waals surface area contributed by atoms with Gasteiger partial charge in [-0.15, -0.1) is 0 Å². The van der Waals surface area contributed by atoms with Crippen LogP contribution in [0.3, 0.4) is 0 Å². The first-order chi connectivity index (χ1) is 8.88. The SMILES string of the molecule is C=C(N)C1CCN(c2ccc(C(F)(F)F)cc2)CC1. The molecule has 1 saturated heterocycles. The summed E-state index contributed by atoms with van der Waals surface area (Å²) in [6, 6.07) is 5.31. The molecule has 0 radical (unpaired) electrons. The van der Waals surface area contributed by atoms with Gasteiger partial charge in [-0.05, 0) is 37.1 Å². The number of hydrogen-bond donors (Lipinski definition) is 1. The Bertz CT molecular complexity index is 443. The Morgan fingerprint density at radius 3 is 2.11 bits per heavy atom. The second kappa shape index (κ2) is 5.15. The molecule has 1 aromatic rings. The summed E-state index contributed by atoms with van der Waals surface area (Å²) in [5, 5.41) is 0. The van der Waals surface area contributed by atoms with Crippen molar-refractivity contribution in [2.24, 2.45) is 11.7 Å². The lowest BCUT2D eigenvalue weighted by molar-refractivity contribution is -0.137. The van der Waals surface area contributed by atoms with Crippen LogP contribution in [-0.4, -0.2) is 13.1 Å². The molecule has 1 fully saturated rings. The predicted octanol–water partition coefficient (Wildman–Crippen LogP) is 3.39. The molecule has 0 amide bonds. The molecular weight excluding hydrogens is 253 g/mol. The van der Waals surface area contributed by atoms with E-state index in [0.29, 0.717) is 11.6 Å². The summed E-state index contributed by atoms with van der Waals surface area (Å²) in [5.41, 5.74) is 6.60. The summed E-state index contributed by atoms with van der Waals surface area (Å²) in [6.45, 7) is 5.35. The first kappa shape index (κ1) is 13.8. The average Bonchev–Trinajstić information content (AvgIpc) is 2.38. The second-order valence-corrected chi connectivity index (χ2v) is 4.88. The summed E-state index contributed by atoms with van der Waals surface area (Å²) in [7, 11) is 0. The van der Waals surface area contributed by atoms with Crippen LogP contribution in [0.5, 0.6) is 0 Å². The van der Waals surface area contributed by atoms with Gasteiger partial charge in [0.1, 0.15) is 0 Å². The van der Waals surface area contributed by atoms with E-state index in [1.165, 1.54) is 12.1 Å². The molecule has 0 aliphatic carbocycles. The van der Waals surface area contributed by atoms with Crippen LogP contribution in [0.15, 0.2) is 36.5 Å². The molecule has 0 aromatic heterocycles. The lowest BCUT2D eigenvalue weighted by Crippen LogP contribution is -2.35. The number of alkyl halides is 3. The van der Waals surface area contributed by atoms with Gasteiger partial charge < -0.3 is 10.6 Å². The Morgan fingerprint density at radius 2 is 1.68 bits per heavy atom. The zero-order valence-electron chi connectivity index (χ0n) is 10.6. The molecule has 2 rings (SSSR count). The smallest absolute Gasteiger partial charge is 0.402 e. The highest BCUT2D eigenvalue weighted by atomic mass is 19.4. The summed E-state index contributed by atoms with van der Waals surface area (Å²) in [6.07, 6.45) is -2.48. The Morgan fingerprint density at radius 1 is 1.16 bits per heavy atom. The summed E-state index contributed by atoms with van der Waals surface area (Å²) >= 11 is 0. The van der Waals surface area contributed by atoms with Gasteiger partial charge in [-0.1, -0.05) is 6.58 Å². The van der Waals surface area contributed by atoms with Crippen LogP contribution in [0.1, 0.15) is 18.4 Å². The van der Waals surface area contributed by atoms with E-state index in [-0.39, 0.29) is 0 Å². The first-order valence-corrected chi connectivity index (χ1v) is 6.24. The molecule has 2 N–H and O–H groups in total. The zero-order valence-corrected chi connectivity index (χ0v) is 10.6. The number of piperidine rings is 1. The fraction of sp³-hybridized carbons (Fsp3) is 0.429. The summed E-state index contributed by atoms with van der Waals surface area (Å²) in [5.74, 6) is 0.325. The number of halogens is 3. The number of hydrogen-bond acceptors (Lipinski definition) is 2. The van der Waals surface area contributed by atoms with E-state index in [2.05, 4.69) is 11.5 Å². The third-order valence-corrected chi connectivity index (χ3v) is 3.58. The molecule has 1 aliphatic heterocycles. The van der Waals surface area contributed by atoms with Gasteiger partial charge in [0.25, 0.3) is 0 Å². The molecule has 1 aliphatic rings. The highest BCUT2D eigenvalue weighted by Crippen LogP contribution is 2.31. The van der Waals surface area contributed by atoms with Gasteiger partial charge in [0.2, 0.25) is 0 Å². The third kappa shape index (κ3) is 3.22. The van der Waals surface area contributed by atoms with Crippen molar-refractivity contribution in [3.63, 3.8) is 0 Å². The molecule has 1 heterocycles. The number of nitrogens with two attached hydrogens (primary N) is 1. The number of allylic oxidation sites excluding steroid dienone is 1. The predicted molar refractivity (Wildman–Crippen MR) is 69.7 cm³/mol. The van der Waals surface area contributed by atoms with Crippen molar-refractivity contribution in [3.05, 3.63) is 42.1 Å². The normalized spacial score (nSPS) is 17.5. The van der Waals surface area contributed by atoms with Gasteiger partial charge in [-0.2, -0.15) is 13.2 Å². The van der Waals surface area contributed by atoms with E-state index in [1.54, 1.807) is 0 Å². The maximum atomic E-state index is 12.5. The second-order valence-electron chi connectivity index (χ2n) is 4.88. The van der Waals surface area contributed by atoms with E-state index in [4.69, 9.17) is 5.73 Å². The Kier molecular flexibility index (Phi) is 3.73. The van der Waals surface area contributed by atoms with E-state index in [9.17, 15) is 13.2 Å². The number of rotatable bonds is 2. The maximum absolute atomic E-state index is 12.5. The van der Waals surface area contributed by atoms with Gasteiger partial charge in [0.05, 0.1) is 5.56 Å². The van der Waals surface area contributed by atoms with E-state index >= 15 is 0 Å². The van der Waals surface area contributed by atoms with Crippen molar-refractivity contribution in [3.8, 4) is 0 Å². The maximum Gasteiger partial charge on any atom is 0.416 e. The largest absolute Gasteiger partial charge is 0.416 e. The molecule has 0 atom stereocenters. The van der Waals surface area contributed by atoms with Gasteiger partial charge in [0, 0.05) is 30.4 Å². The van der Waals surface area contributed by atoms with E-state index < -0.39 is 11.7 Å². The minimum atomic E-state index is -4.27. The highest BCUT2D eigenvalue weighted by Gasteiger charge is 2.30. The average molecular weight is 270 g/mol. The van der Waals surface area contributed by atoms with Crippen molar-refractivity contribution in [1.29, 1.82) is 0 Å². The third-order valence-electron chi connectivity index (χ3n) is 3.58. The molecule has 5 heteroatoms. The van der Waals surface area contributed by atoms with E-state index in [1.807, 2.05) is 0 Å². The molecule has 0 bridgehead atoms. The van der Waals surface area contributed by atoms with Crippen LogP contribution in [0.4, 0.5) is 18.9 Å². The van der Waals surface area contributed by atoms with Crippen LogP contribution < -0.4 is 10.6 Å². The van der Waals surface area contributed by atoms with Crippen molar-refractivity contribution in [1.82, 2.24) is 0 Å². The van der Waals surface area contributed by atoms with Crippen LogP contribution in [0.25, 0.3) is 0 Å². The van der Waals surface area contributed by atoms with Gasteiger partial charge >= 0.3 is 6.18 Å². The molecule has 104 valence electrons. The van der Waals surface area contributed by atoms with Crippen molar-refractivity contribution < 1.29 is 13.2 Å². The van der Waals surface area contributed by atoms with E-state index in [0.717, 1.165) is 43.8 Å². The van der Waals surface area contributed by atoms with Crippen LogP contribution in [0, 0.1) is 5.92 Å². The van der Waals surface area contributed by atoms with Crippen molar-refractivity contribution in [2.45, 2.75) is 19.0 Å². The molecule has 0 spiro atoms. The summed E-state index contributed by atoms with van der Waals surface area (Å²) in [4.78, 5) is 2.08. The Hall–Kier alpha value is -1.65. The van der Waals surface area contributed by atoms with Crippen molar-refractivity contribution in [2.75, 3.05) is 18.0 Å². The molecule has 2 nitrogen and oxygen atoms in total. The molecule has 19 heavy (non-hydrogen) atoms. The first-order valence-electron chi connectivity index (χ1n) is 6.24. The molecule has 0 saturated carbocycles. The van der Waals surface area contributed by atoms with Gasteiger partial charge in [-0.3, -0.25) is 0 Å². The summed E-state index contributed by atoms with van der Waals surface area (Å²) < 4.78 is 37.4. The Balaban J connectivity index is 2.02. The lowest BCUT2D eigenvalue weighted by Gasteiger charge is -2.33. The fourth-order valence-corrected chi connectivity index (χ4v) is 2.37. The van der Waals surface area contributed by atoms with Crippen LogP contribution >= 0.6 is 0 Å². The molecule has 0 unspecified atom stereocenters. The monoisotopic (exact) mass is 270 g/mol. The van der Waals surface area contributed by atoms with Gasteiger partial charge in [0.15, 0.2) is 0 Å². The zero-order chi connectivity index (χ0) is 14.0. The number of nitrogens with zero attached hydrogens (tertiary/aromatic N) is 1. The Labute approximate surface area is 110 Å². The highest BCUT2D eigenvalue weighted by molar-refractivity contribution is 5.48. The minimum Gasteiger partial charge on any atom is -0.402 e. The number of anilines is 1. The van der Waals surface area contributed by atoms with Crippen LogP contribution in [0.2, 0.25) is 0 Å². The van der Waals surface area contributed by atoms with Crippen molar-refractivity contribution >= 4 is 5.69 Å². The lowest BCUT2D eigenvalue weighted by atomic mass is 9.94. The standard InChI is InChI=1S/C14H17F3N2/c1-10(18)11-6-8-19(9-7-11)13-4-2-12(3-5-13)14(15,16)17/h2-5,11H,1,6-9,18H2. The van der Waals surface area contributed by atoms with Crippen LogP contribution in [-0.2, 0) is 6.18 Å². The quantitative estimate of drug-likeness (QED) is 0.892. The molecule has 1 aromatic carbocycles. The minimum absolute atomic E-state index is 0.325. The fourth-order valence-electron chi connectivity index (χ4n) is 2.37. The molecular formula is C14H17F3N2. The topological polar surface area (TPSA) is 29.3 Å². The van der Waals surface area contributed by atoms with Gasteiger partial charge in [-0.25, -0.2) is 0 Å². The number of benzene rings is 1.